The quantitative estimate of drug-likeness (QED) is 0.787. The van der Waals surface area contributed by atoms with Gasteiger partial charge in [-0.15, -0.1) is 10.2 Å². The summed E-state index contributed by atoms with van der Waals surface area (Å²) >= 11 is 0. The molecule has 3 rings (SSSR count). The van der Waals surface area contributed by atoms with Crippen LogP contribution in [0.25, 0.3) is 0 Å². The number of urea groups is 1. The Kier molecular flexibility index (Phi) is 6.21. The zero-order chi connectivity index (χ0) is 18.4. The van der Waals surface area contributed by atoms with Crippen LogP contribution in [0.3, 0.4) is 0 Å². The molecule has 1 aliphatic heterocycles. The Morgan fingerprint density at radius 2 is 2.23 bits per heavy atom. The molecule has 0 spiro atoms. The van der Waals surface area contributed by atoms with E-state index in [0.29, 0.717) is 18.8 Å². The summed E-state index contributed by atoms with van der Waals surface area (Å²) in [6.07, 6.45) is 8.59. The number of carbonyl (C=O) groups is 1. The van der Waals surface area contributed by atoms with Crippen LogP contribution in [0, 0.1) is 0 Å². The van der Waals surface area contributed by atoms with Gasteiger partial charge < -0.3 is 19.9 Å². The summed E-state index contributed by atoms with van der Waals surface area (Å²) in [6, 6.07) is -0.438. The van der Waals surface area contributed by atoms with E-state index < -0.39 is 0 Å². The number of ether oxygens (including phenoxy) is 1. The molecule has 2 aromatic heterocycles. The normalized spacial score (nSPS) is 15.2. The fourth-order valence-corrected chi connectivity index (χ4v) is 3.18. The van der Waals surface area contributed by atoms with Crippen molar-refractivity contribution in [3.63, 3.8) is 0 Å². The van der Waals surface area contributed by atoms with Crippen molar-refractivity contribution >= 4 is 11.7 Å². The van der Waals surface area contributed by atoms with E-state index in [9.17, 15) is 4.79 Å². The van der Waals surface area contributed by atoms with E-state index >= 15 is 0 Å². The number of rotatable bonds is 7. The lowest BCUT2D eigenvalue weighted by atomic mass is 10.2. The minimum atomic E-state index is -0.269. The van der Waals surface area contributed by atoms with Gasteiger partial charge in [0.15, 0.2) is 5.82 Å². The first-order valence-electron chi connectivity index (χ1n) is 9.22. The number of methoxy groups -OCH3 is 1. The number of carbonyl (C=O) groups excluding carboxylic acids is 1. The molecule has 9 heteroatoms. The highest BCUT2D eigenvalue weighted by Gasteiger charge is 2.22. The van der Waals surface area contributed by atoms with E-state index in [1.54, 1.807) is 24.2 Å². The molecule has 0 bridgehead atoms. The first kappa shape index (κ1) is 18.4. The van der Waals surface area contributed by atoms with E-state index in [4.69, 9.17) is 4.74 Å². The van der Waals surface area contributed by atoms with E-state index in [2.05, 4.69) is 30.5 Å². The molecule has 2 N–H and O–H groups in total. The molecule has 0 aromatic carbocycles. The largest absolute Gasteiger partial charge is 0.383 e. The van der Waals surface area contributed by atoms with Gasteiger partial charge in [-0.2, -0.15) is 5.10 Å². The van der Waals surface area contributed by atoms with Crippen LogP contribution in [0.5, 0.6) is 0 Å². The minimum absolute atomic E-state index is 0.169. The number of fused-ring (bicyclic) bond motifs is 1. The van der Waals surface area contributed by atoms with Gasteiger partial charge >= 0.3 is 6.03 Å². The highest BCUT2D eigenvalue weighted by molar-refractivity contribution is 5.89. The van der Waals surface area contributed by atoms with Crippen molar-refractivity contribution in [3.8, 4) is 0 Å². The van der Waals surface area contributed by atoms with Crippen molar-refractivity contribution in [2.45, 2.75) is 58.2 Å². The van der Waals surface area contributed by atoms with Crippen LogP contribution in [-0.4, -0.2) is 44.3 Å². The molecule has 1 aliphatic rings. The van der Waals surface area contributed by atoms with Crippen molar-refractivity contribution in [1.29, 1.82) is 0 Å². The molecule has 2 amide bonds. The van der Waals surface area contributed by atoms with Gasteiger partial charge in [-0.1, -0.05) is 13.3 Å². The minimum Gasteiger partial charge on any atom is -0.383 e. The van der Waals surface area contributed by atoms with Gasteiger partial charge in [0, 0.05) is 26.3 Å². The van der Waals surface area contributed by atoms with Gasteiger partial charge in [0.2, 0.25) is 0 Å². The molecule has 3 heterocycles. The molecule has 9 nitrogen and oxygen atoms in total. The summed E-state index contributed by atoms with van der Waals surface area (Å²) in [5, 5.41) is 18.7. The van der Waals surface area contributed by atoms with Crippen molar-refractivity contribution in [1.82, 2.24) is 29.9 Å². The lowest BCUT2D eigenvalue weighted by Gasteiger charge is -2.18. The van der Waals surface area contributed by atoms with Gasteiger partial charge in [0.1, 0.15) is 5.82 Å². The maximum Gasteiger partial charge on any atom is 0.319 e. The molecule has 0 aliphatic carbocycles. The van der Waals surface area contributed by atoms with Crippen LogP contribution in [0.1, 0.15) is 50.3 Å². The molecule has 26 heavy (non-hydrogen) atoms. The summed E-state index contributed by atoms with van der Waals surface area (Å²) in [5.41, 5.74) is 0.647. The number of aromatic nitrogens is 5. The maximum absolute atomic E-state index is 12.4. The molecule has 2 aromatic rings. The lowest BCUT2D eigenvalue weighted by Crippen LogP contribution is -2.33. The number of hydrogen-bond acceptors (Lipinski definition) is 5. The molecule has 0 saturated heterocycles. The van der Waals surface area contributed by atoms with Gasteiger partial charge in [-0.25, -0.2) is 4.79 Å². The monoisotopic (exact) mass is 361 g/mol. The average molecular weight is 361 g/mol. The molecule has 1 unspecified atom stereocenters. The molecule has 142 valence electrons. The Balaban J connectivity index is 1.62. The number of nitrogens with one attached hydrogen (secondary N) is 2. The third-order valence-electron chi connectivity index (χ3n) is 4.58. The number of nitrogens with zero attached hydrogens (tertiary/aromatic N) is 5. The van der Waals surface area contributed by atoms with Crippen LogP contribution in [0.2, 0.25) is 0 Å². The van der Waals surface area contributed by atoms with E-state index in [-0.39, 0.29) is 12.1 Å². The number of amides is 2. The lowest BCUT2D eigenvalue weighted by molar-refractivity contribution is 0.183. The summed E-state index contributed by atoms with van der Waals surface area (Å²) in [6.45, 7) is 4.17. The molecule has 0 saturated carbocycles. The summed E-state index contributed by atoms with van der Waals surface area (Å²) in [5.74, 6) is 1.87. The molecular formula is C17H27N7O2. The Bertz CT molecular complexity index is 725. The predicted molar refractivity (Wildman–Crippen MR) is 96.9 cm³/mol. The third-order valence-corrected chi connectivity index (χ3v) is 4.58. The predicted octanol–water partition coefficient (Wildman–Crippen LogP) is 2.12. The first-order valence-corrected chi connectivity index (χ1v) is 9.22. The van der Waals surface area contributed by atoms with E-state index in [1.165, 1.54) is 6.42 Å². The Labute approximate surface area is 153 Å². The highest BCUT2D eigenvalue weighted by Crippen LogP contribution is 2.21. The zero-order valence-electron chi connectivity index (χ0n) is 15.4. The van der Waals surface area contributed by atoms with Crippen molar-refractivity contribution in [2.75, 3.05) is 19.0 Å². The zero-order valence-corrected chi connectivity index (χ0v) is 15.4. The summed E-state index contributed by atoms with van der Waals surface area (Å²) in [4.78, 5) is 12.4. The van der Waals surface area contributed by atoms with Crippen LogP contribution in [-0.2, 0) is 24.2 Å². The first-order chi connectivity index (χ1) is 12.7. The van der Waals surface area contributed by atoms with E-state index in [0.717, 1.165) is 43.9 Å². The number of aryl methyl sites for hydroxylation is 1. The van der Waals surface area contributed by atoms with Crippen molar-refractivity contribution in [2.24, 2.45) is 0 Å². The Morgan fingerprint density at radius 1 is 1.35 bits per heavy atom. The second-order valence-electron chi connectivity index (χ2n) is 6.48. The SMILES string of the molecule is CCC(NC(=O)Nc1cnn(CCOC)c1)c1nnc2n1CCCCC2. The van der Waals surface area contributed by atoms with Crippen LogP contribution >= 0.6 is 0 Å². The van der Waals surface area contributed by atoms with Gasteiger partial charge in [-0.3, -0.25) is 4.68 Å². The molecule has 0 radical (unpaired) electrons. The fourth-order valence-electron chi connectivity index (χ4n) is 3.18. The van der Waals surface area contributed by atoms with E-state index in [1.807, 2.05) is 6.92 Å². The molecular weight excluding hydrogens is 334 g/mol. The van der Waals surface area contributed by atoms with Crippen LogP contribution < -0.4 is 10.6 Å². The van der Waals surface area contributed by atoms with Gasteiger partial charge in [0.25, 0.3) is 0 Å². The second kappa shape index (κ2) is 8.79. The topological polar surface area (TPSA) is 98.9 Å². The maximum atomic E-state index is 12.4. The summed E-state index contributed by atoms with van der Waals surface area (Å²) in [7, 11) is 1.65. The smallest absolute Gasteiger partial charge is 0.319 e. The standard InChI is InChI=1S/C17H27N7O2/c1-3-14(16-22-21-15-7-5-4-6-8-24(15)16)20-17(25)19-13-11-18-23(12-13)9-10-26-2/h11-12,14H,3-10H2,1-2H3,(H2,19,20,25). The Hall–Kier alpha value is -2.42. The van der Waals surface area contributed by atoms with Crippen molar-refractivity contribution in [3.05, 3.63) is 24.0 Å². The molecule has 0 fully saturated rings. The highest BCUT2D eigenvalue weighted by atomic mass is 16.5. The molecule has 1 atom stereocenters. The van der Waals surface area contributed by atoms with Crippen LogP contribution in [0.15, 0.2) is 12.4 Å². The summed E-state index contributed by atoms with van der Waals surface area (Å²) < 4.78 is 8.93. The van der Waals surface area contributed by atoms with Crippen LogP contribution in [0.4, 0.5) is 10.5 Å². The Morgan fingerprint density at radius 3 is 3.04 bits per heavy atom. The number of anilines is 1. The second-order valence-corrected chi connectivity index (χ2v) is 6.48. The van der Waals surface area contributed by atoms with Gasteiger partial charge in [-0.05, 0) is 19.3 Å². The average Bonchev–Trinajstić information content (AvgIpc) is 3.18. The van der Waals surface area contributed by atoms with Gasteiger partial charge in [0.05, 0.1) is 31.1 Å². The third kappa shape index (κ3) is 4.40. The fraction of sp³-hybridized carbons (Fsp3) is 0.647. The van der Waals surface area contributed by atoms with Crippen molar-refractivity contribution < 1.29 is 9.53 Å². The number of hydrogen-bond donors (Lipinski definition) is 2.